The molecule has 0 radical (unpaired) electrons. The van der Waals surface area contributed by atoms with Crippen LogP contribution >= 0.6 is 0 Å². The molecule has 0 spiro atoms. The number of rotatable bonds is 7. The molecule has 0 heterocycles. The molecule has 0 aromatic heterocycles. The summed E-state index contributed by atoms with van der Waals surface area (Å²) in [5, 5.41) is 0. The van der Waals surface area contributed by atoms with Crippen LogP contribution in [-0.2, 0) is 10.0 Å². The number of benzene rings is 2. The van der Waals surface area contributed by atoms with Crippen LogP contribution in [0, 0.1) is 0 Å². The fourth-order valence-corrected chi connectivity index (χ4v) is 3.48. The van der Waals surface area contributed by atoms with Crippen LogP contribution in [-0.4, -0.2) is 29.7 Å². The predicted octanol–water partition coefficient (Wildman–Crippen LogP) is 2.75. The molecule has 0 fully saturated rings. The van der Waals surface area contributed by atoms with Gasteiger partial charge < -0.3 is 14.2 Å². The van der Waals surface area contributed by atoms with Crippen LogP contribution in [0.5, 0.6) is 17.2 Å². The quantitative estimate of drug-likeness (QED) is 0.830. The summed E-state index contributed by atoms with van der Waals surface area (Å²) in [5.74, 6) is 1.74. The second-order valence-electron chi connectivity index (χ2n) is 5.13. The molecule has 0 bridgehead atoms. The van der Waals surface area contributed by atoms with Crippen molar-refractivity contribution in [3.63, 3.8) is 0 Å². The standard InChI is InChI=1S/C17H21NO5S/c1-12(13-5-10-16(22-3)17(11-13)23-4)18-24(19,20)15-8-6-14(21-2)7-9-15/h5-12,18H,1-4H3. The summed E-state index contributed by atoms with van der Waals surface area (Å²) in [6.45, 7) is 1.77. The highest BCUT2D eigenvalue weighted by Gasteiger charge is 2.19. The Hall–Kier alpha value is -2.25. The van der Waals surface area contributed by atoms with Crippen molar-refractivity contribution in [2.75, 3.05) is 21.3 Å². The van der Waals surface area contributed by atoms with Gasteiger partial charge in [-0.1, -0.05) is 6.07 Å². The molecule has 6 nitrogen and oxygen atoms in total. The van der Waals surface area contributed by atoms with Crippen molar-refractivity contribution in [1.29, 1.82) is 0 Å². The van der Waals surface area contributed by atoms with E-state index in [4.69, 9.17) is 14.2 Å². The van der Waals surface area contributed by atoms with Gasteiger partial charge in [0.05, 0.1) is 26.2 Å². The van der Waals surface area contributed by atoms with E-state index in [1.807, 2.05) is 0 Å². The summed E-state index contributed by atoms with van der Waals surface area (Å²) in [7, 11) is 0.968. The number of hydrogen-bond acceptors (Lipinski definition) is 5. The Labute approximate surface area is 142 Å². The largest absolute Gasteiger partial charge is 0.497 e. The minimum atomic E-state index is -3.65. The van der Waals surface area contributed by atoms with Crippen LogP contribution in [0.15, 0.2) is 47.4 Å². The first-order valence-corrected chi connectivity index (χ1v) is 8.78. The van der Waals surface area contributed by atoms with Gasteiger partial charge >= 0.3 is 0 Å². The average Bonchev–Trinajstić information content (AvgIpc) is 2.60. The first-order chi connectivity index (χ1) is 11.4. The van der Waals surface area contributed by atoms with E-state index in [1.54, 1.807) is 44.4 Å². The maximum atomic E-state index is 12.5. The SMILES string of the molecule is COc1ccc(S(=O)(=O)NC(C)c2ccc(OC)c(OC)c2)cc1. The van der Waals surface area contributed by atoms with Crippen molar-refractivity contribution in [3.05, 3.63) is 48.0 Å². The molecule has 1 unspecified atom stereocenters. The summed E-state index contributed by atoms with van der Waals surface area (Å²) in [4.78, 5) is 0.177. The van der Waals surface area contributed by atoms with Crippen molar-refractivity contribution in [2.45, 2.75) is 17.9 Å². The van der Waals surface area contributed by atoms with Gasteiger partial charge in [0.15, 0.2) is 11.5 Å². The normalized spacial score (nSPS) is 12.5. The van der Waals surface area contributed by atoms with Gasteiger partial charge in [0, 0.05) is 6.04 Å². The number of nitrogens with one attached hydrogen (secondary N) is 1. The molecule has 0 aliphatic rings. The van der Waals surface area contributed by atoms with Crippen LogP contribution in [0.4, 0.5) is 0 Å². The van der Waals surface area contributed by atoms with Gasteiger partial charge in [0.25, 0.3) is 0 Å². The molecule has 1 N–H and O–H groups in total. The van der Waals surface area contributed by atoms with Crippen molar-refractivity contribution >= 4 is 10.0 Å². The molecule has 130 valence electrons. The summed E-state index contributed by atoms with van der Waals surface area (Å²) in [6, 6.07) is 11.1. The average molecular weight is 351 g/mol. The van der Waals surface area contributed by atoms with E-state index < -0.39 is 16.1 Å². The first-order valence-electron chi connectivity index (χ1n) is 7.29. The molecule has 0 amide bonds. The summed E-state index contributed by atoms with van der Waals surface area (Å²) in [5.41, 5.74) is 0.768. The van der Waals surface area contributed by atoms with Gasteiger partial charge in [-0.3, -0.25) is 0 Å². The molecule has 0 aliphatic heterocycles. The topological polar surface area (TPSA) is 73.9 Å². The Morgan fingerprint density at radius 2 is 1.50 bits per heavy atom. The molecule has 2 rings (SSSR count). The maximum Gasteiger partial charge on any atom is 0.241 e. The second-order valence-corrected chi connectivity index (χ2v) is 6.85. The lowest BCUT2D eigenvalue weighted by Gasteiger charge is -2.17. The minimum Gasteiger partial charge on any atom is -0.497 e. The Balaban J connectivity index is 2.22. The fraction of sp³-hybridized carbons (Fsp3) is 0.294. The molecule has 2 aromatic rings. The van der Waals surface area contributed by atoms with E-state index in [-0.39, 0.29) is 4.90 Å². The molecule has 0 aliphatic carbocycles. The van der Waals surface area contributed by atoms with Gasteiger partial charge in [0.2, 0.25) is 10.0 Å². The molecular weight excluding hydrogens is 330 g/mol. The Bertz CT molecular complexity index is 787. The molecule has 24 heavy (non-hydrogen) atoms. The van der Waals surface area contributed by atoms with Gasteiger partial charge in [-0.15, -0.1) is 0 Å². The van der Waals surface area contributed by atoms with Crippen LogP contribution in [0.25, 0.3) is 0 Å². The van der Waals surface area contributed by atoms with Crippen LogP contribution in [0.1, 0.15) is 18.5 Å². The Kier molecular flexibility index (Phi) is 5.69. The third kappa shape index (κ3) is 3.98. The molecule has 7 heteroatoms. The van der Waals surface area contributed by atoms with Crippen LogP contribution in [0.3, 0.4) is 0 Å². The zero-order valence-electron chi connectivity index (χ0n) is 14.1. The third-order valence-electron chi connectivity index (χ3n) is 3.61. The van der Waals surface area contributed by atoms with E-state index in [1.165, 1.54) is 26.4 Å². The van der Waals surface area contributed by atoms with Gasteiger partial charge in [-0.25, -0.2) is 13.1 Å². The zero-order valence-corrected chi connectivity index (χ0v) is 14.9. The number of ether oxygens (including phenoxy) is 3. The van der Waals surface area contributed by atoms with Crippen molar-refractivity contribution in [1.82, 2.24) is 4.72 Å². The summed E-state index contributed by atoms with van der Waals surface area (Å²) < 4.78 is 43.1. The molecule has 1 atom stereocenters. The lowest BCUT2D eigenvalue weighted by atomic mass is 10.1. The third-order valence-corrected chi connectivity index (χ3v) is 5.17. The Morgan fingerprint density at radius 1 is 0.875 bits per heavy atom. The van der Waals surface area contributed by atoms with Gasteiger partial charge in [-0.05, 0) is 48.9 Å². The van der Waals surface area contributed by atoms with Gasteiger partial charge in [0.1, 0.15) is 5.75 Å². The molecule has 0 saturated carbocycles. The highest BCUT2D eigenvalue weighted by atomic mass is 32.2. The zero-order chi connectivity index (χ0) is 17.7. The number of hydrogen-bond donors (Lipinski definition) is 1. The van der Waals surface area contributed by atoms with E-state index in [9.17, 15) is 8.42 Å². The molecular formula is C17H21NO5S. The lowest BCUT2D eigenvalue weighted by molar-refractivity contribution is 0.354. The first kappa shape index (κ1) is 18.1. The van der Waals surface area contributed by atoms with Crippen LogP contribution in [0.2, 0.25) is 0 Å². The monoisotopic (exact) mass is 351 g/mol. The van der Waals surface area contributed by atoms with E-state index in [0.717, 1.165) is 5.56 Å². The number of methoxy groups -OCH3 is 3. The fourth-order valence-electron chi connectivity index (χ4n) is 2.25. The summed E-state index contributed by atoms with van der Waals surface area (Å²) in [6.07, 6.45) is 0. The highest BCUT2D eigenvalue weighted by molar-refractivity contribution is 7.89. The Morgan fingerprint density at radius 3 is 2.04 bits per heavy atom. The highest BCUT2D eigenvalue weighted by Crippen LogP contribution is 2.30. The van der Waals surface area contributed by atoms with E-state index in [2.05, 4.69) is 4.72 Å². The van der Waals surface area contributed by atoms with E-state index >= 15 is 0 Å². The van der Waals surface area contributed by atoms with E-state index in [0.29, 0.717) is 17.2 Å². The van der Waals surface area contributed by atoms with Crippen molar-refractivity contribution in [2.24, 2.45) is 0 Å². The second kappa shape index (κ2) is 7.55. The molecule has 0 saturated heterocycles. The predicted molar refractivity (Wildman–Crippen MR) is 91.3 cm³/mol. The van der Waals surface area contributed by atoms with Gasteiger partial charge in [-0.2, -0.15) is 0 Å². The lowest BCUT2D eigenvalue weighted by Crippen LogP contribution is -2.26. The van der Waals surface area contributed by atoms with Crippen molar-refractivity contribution < 1.29 is 22.6 Å². The van der Waals surface area contributed by atoms with Crippen molar-refractivity contribution in [3.8, 4) is 17.2 Å². The number of sulfonamides is 1. The molecule has 2 aromatic carbocycles. The smallest absolute Gasteiger partial charge is 0.241 e. The summed E-state index contributed by atoms with van der Waals surface area (Å²) >= 11 is 0. The maximum absolute atomic E-state index is 12.5. The van der Waals surface area contributed by atoms with Crippen LogP contribution < -0.4 is 18.9 Å². The minimum absolute atomic E-state index is 0.177.